The van der Waals surface area contributed by atoms with Gasteiger partial charge in [-0.05, 0) is 77.5 Å². The van der Waals surface area contributed by atoms with Crippen molar-refractivity contribution in [2.75, 3.05) is 26.2 Å². The van der Waals surface area contributed by atoms with Gasteiger partial charge in [-0.1, -0.05) is 25.7 Å². The quantitative estimate of drug-likeness (QED) is 0.0695. The Kier molecular flexibility index (Phi) is 36.5. The van der Waals surface area contributed by atoms with Crippen LogP contribution in [-0.2, 0) is 19.2 Å². The van der Waals surface area contributed by atoms with E-state index in [2.05, 4.69) is 0 Å². The highest BCUT2D eigenvalue weighted by Crippen LogP contribution is 1.99. The minimum Gasteiger partial charge on any atom is -0.480 e. The Hall–Kier alpha value is -2.44. The zero-order valence-corrected chi connectivity index (χ0v) is 23.7. The normalized spacial score (nSPS) is 13.0. The Morgan fingerprint density at radius 3 is 0.625 bits per heavy atom. The third-order valence-electron chi connectivity index (χ3n) is 5.15. The van der Waals surface area contributed by atoms with Crippen molar-refractivity contribution >= 4 is 23.9 Å². The standard InChI is InChI=1S/4C6H14N2O2/c4*7-4-2-1-3-5(8)6(9)10/h4*5H,1-4,7-8H2,(H,9,10). The second kappa shape index (κ2) is 32.8. The number of hydrogen-bond donors (Lipinski definition) is 12. The van der Waals surface area contributed by atoms with Crippen molar-refractivity contribution in [3.63, 3.8) is 0 Å². The molecule has 0 aliphatic rings. The van der Waals surface area contributed by atoms with Gasteiger partial charge in [-0.15, -0.1) is 0 Å². The van der Waals surface area contributed by atoms with Gasteiger partial charge in [0, 0.05) is 0 Å². The molecule has 0 aliphatic carbocycles. The van der Waals surface area contributed by atoms with Gasteiger partial charge in [0.25, 0.3) is 0 Å². The van der Waals surface area contributed by atoms with Crippen molar-refractivity contribution in [2.45, 2.75) is 101 Å². The molecule has 0 bridgehead atoms. The van der Waals surface area contributed by atoms with Crippen molar-refractivity contribution < 1.29 is 39.6 Å². The van der Waals surface area contributed by atoms with Crippen molar-refractivity contribution in [3.05, 3.63) is 0 Å². The molecule has 0 amide bonds. The molecule has 0 fully saturated rings. The minimum absolute atomic E-state index is 0.520. The van der Waals surface area contributed by atoms with Crippen LogP contribution in [0.2, 0.25) is 0 Å². The lowest BCUT2D eigenvalue weighted by molar-refractivity contribution is -0.139. The molecular formula is C24H56N8O8. The largest absolute Gasteiger partial charge is 0.480 e. The molecule has 0 aromatic heterocycles. The third-order valence-corrected chi connectivity index (χ3v) is 5.15. The van der Waals surface area contributed by atoms with E-state index in [0.29, 0.717) is 51.9 Å². The van der Waals surface area contributed by atoms with Gasteiger partial charge in [-0.25, -0.2) is 0 Å². The number of carboxylic acid groups (broad SMARTS) is 4. The summed E-state index contributed by atoms with van der Waals surface area (Å²) in [7, 11) is 0. The molecular weight excluding hydrogens is 528 g/mol. The summed E-state index contributed by atoms with van der Waals surface area (Å²) in [4.78, 5) is 40.5. The van der Waals surface area contributed by atoms with Crippen LogP contribution < -0.4 is 45.9 Å². The second-order valence-electron chi connectivity index (χ2n) is 8.92. The molecule has 240 valence electrons. The first-order valence-corrected chi connectivity index (χ1v) is 13.5. The summed E-state index contributed by atoms with van der Waals surface area (Å²) < 4.78 is 0. The smallest absolute Gasteiger partial charge is 0.320 e. The Labute approximate surface area is 237 Å². The lowest BCUT2D eigenvalue weighted by atomic mass is 10.1. The molecule has 0 aromatic rings. The number of carboxylic acids is 4. The molecule has 4 unspecified atom stereocenters. The number of hydrogen-bond acceptors (Lipinski definition) is 12. The number of aliphatic carboxylic acids is 4. The van der Waals surface area contributed by atoms with Gasteiger partial charge < -0.3 is 66.3 Å². The molecule has 0 saturated carbocycles. The molecule has 0 aliphatic heterocycles. The van der Waals surface area contributed by atoms with Crippen LogP contribution in [-0.4, -0.2) is 94.6 Å². The van der Waals surface area contributed by atoms with Crippen LogP contribution >= 0.6 is 0 Å². The van der Waals surface area contributed by atoms with Crippen LogP contribution in [0, 0.1) is 0 Å². The summed E-state index contributed by atoms with van der Waals surface area (Å²) in [6.45, 7) is 2.41. The van der Waals surface area contributed by atoms with Crippen LogP contribution in [0.15, 0.2) is 0 Å². The van der Waals surface area contributed by atoms with Crippen molar-refractivity contribution in [3.8, 4) is 0 Å². The van der Waals surface area contributed by atoms with E-state index in [1.54, 1.807) is 0 Å². The van der Waals surface area contributed by atoms with E-state index in [9.17, 15) is 19.2 Å². The molecule has 40 heavy (non-hydrogen) atoms. The van der Waals surface area contributed by atoms with Crippen molar-refractivity contribution in [1.29, 1.82) is 0 Å². The van der Waals surface area contributed by atoms with E-state index in [0.717, 1.165) is 51.4 Å². The zero-order chi connectivity index (χ0) is 31.9. The number of carbonyl (C=O) groups is 4. The maximum atomic E-state index is 10.1. The Balaban J connectivity index is -0.000000216. The molecule has 0 saturated heterocycles. The SMILES string of the molecule is NCCCCC(N)C(=O)O.NCCCCC(N)C(=O)O.NCCCCC(N)C(=O)O.NCCCCC(N)C(=O)O. The maximum absolute atomic E-state index is 10.1. The van der Waals surface area contributed by atoms with Gasteiger partial charge in [0.05, 0.1) is 0 Å². The summed E-state index contributed by atoms with van der Waals surface area (Å²) in [6, 6.07) is -2.86. The average molecular weight is 585 g/mol. The summed E-state index contributed by atoms with van der Waals surface area (Å²) in [5, 5.41) is 33.3. The van der Waals surface area contributed by atoms with Gasteiger partial charge in [0.15, 0.2) is 0 Å². The topological polar surface area (TPSA) is 357 Å². The fourth-order valence-corrected chi connectivity index (χ4v) is 2.53. The maximum Gasteiger partial charge on any atom is 0.320 e. The highest BCUT2D eigenvalue weighted by molar-refractivity contribution is 5.73. The van der Waals surface area contributed by atoms with Crippen LogP contribution in [0.25, 0.3) is 0 Å². The first-order valence-electron chi connectivity index (χ1n) is 13.5. The van der Waals surface area contributed by atoms with E-state index >= 15 is 0 Å². The number of rotatable bonds is 20. The number of nitrogens with two attached hydrogens (primary N) is 8. The van der Waals surface area contributed by atoms with E-state index in [4.69, 9.17) is 66.3 Å². The van der Waals surface area contributed by atoms with Gasteiger partial charge >= 0.3 is 23.9 Å². The monoisotopic (exact) mass is 584 g/mol. The van der Waals surface area contributed by atoms with Crippen LogP contribution in [0.1, 0.15) is 77.0 Å². The minimum atomic E-state index is -0.933. The van der Waals surface area contributed by atoms with E-state index in [1.165, 1.54) is 0 Å². The molecule has 0 rings (SSSR count). The molecule has 0 heterocycles. The van der Waals surface area contributed by atoms with Crippen LogP contribution in [0.3, 0.4) is 0 Å². The first-order chi connectivity index (χ1) is 18.7. The lowest BCUT2D eigenvalue weighted by Gasteiger charge is -2.03. The fraction of sp³-hybridized carbons (Fsp3) is 0.833. The molecule has 16 nitrogen and oxygen atoms in total. The molecule has 0 spiro atoms. The molecule has 20 N–H and O–H groups in total. The van der Waals surface area contributed by atoms with Gasteiger partial charge in [-0.3, -0.25) is 19.2 Å². The molecule has 0 radical (unpaired) electrons. The predicted molar refractivity (Wildman–Crippen MR) is 154 cm³/mol. The zero-order valence-electron chi connectivity index (χ0n) is 23.7. The lowest BCUT2D eigenvalue weighted by Crippen LogP contribution is -2.29. The van der Waals surface area contributed by atoms with Crippen molar-refractivity contribution in [2.24, 2.45) is 45.9 Å². The van der Waals surface area contributed by atoms with E-state index in [-0.39, 0.29) is 0 Å². The summed E-state index contributed by atoms with van der Waals surface area (Å²) in [5.74, 6) is -3.73. The first kappa shape index (κ1) is 44.6. The molecule has 4 atom stereocenters. The van der Waals surface area contributed by atoms with E-state index < -0.39 is 48.0 Å². The second-order valence-corrected chi connectivity index (χ2v) is 8.92. The van der Waals surface area contributed by atoms with Crippen molar-refractivity contribution in [1.82, 2.24) is 0 Å². The predicted octanol–water partition coefficient (Wildman–Crippen LogP) is -1.89. The van der Waals surface area contributed by atoms with Gasteiger partial charge in [-0.2, -0.15) is 0 Å². The molecule has 16 heteroatoms. The third kappa shape index (κ3) is 37.7. The Bertz CT molecular complexity index is 528. The molecule has 0 aromatic carbocycles. The fourth-order valence-electron chi connectivity index (χ4n) is 2.53. The summed E-state index contributed by atoms with van der Waals surface area (Å²) in [5.41, 5.74) is 41.7. The summed E-state index contributed by atoms with van der Waals surface area (Å²) in [6.07, 6.45) is 8.66. The summed E-state index contributed by atoms with van der Waals surface area (Å²) >= 11 is 0. The van der Waals surface area contributed by atoms with Crippen LogP contribution in [0.5, 0.6) is 0 Å². The van der Waals surface area contributed by atoms with Gasteiger partial charge in [0.2, 0.25) is 0 Å². The Morgan fingerprint density at radius 1 is 0.375 bits per heavy atom. The Morgan fingerprint density at radius 2 is 0.525 bits per heavy atom. The highest BCUT2D eigenvalue weighted by Gasteiger charge is 2.11. The van der Waals surface area contributed by atoms with Crippen LogP contribution in [0.4, 0.5) is 0 Å². The highest BCUT2D eigenvalue weighted by atomic mass is 16.4. The number of unbranched alkanes of at least 4 members (excludes halogenated alkanes) is 4. The van der Waals surface area contributed by atoms with Gasteiger partial charge in [0.1, 0.15) is 24.2 Å². The van der Waals surface area contributed by atoms with E-state index in [1.807, 2.05) is 0 Å². The average Bonchev–Trinajstić information content (AvgIpc) is 2.89.